The molecule has 3 atom stereocenters. The van der Waals surface area contributed by atoms with E-state index in [0.717, 1.165) is 72.6 Å². The van der Waals surface area contributed by atoms with Crippen LogP contribution >= 0.6 is 0 Å². The molecule has 6 heteroatoms. The fourth-order valence-corrected chi connectivity index (χ4v) is 6.10. The van der Waals surface area contributed by atoms with Crippen molar-refractivity contribution in [3.05, 3.63) is 22.5 Å². The summed E-state index contributed by atoms with van der Waals surface area (Å²) in [4.78, 5) is 23.1. The van der Waals surface area contributed by atoms with Crippen molar-refractivity contribution in [1.29, 1.82) is 0 Å². The van der Waals surface area contributed by atoms with Crippen LogP contribution in [0.5, 0.6) is 0 Å². The first-order chi connectivity index (χ1) is 14.6. The average molecular weight is 411 g/mol. The molecule has 5 rings (SSSR count). The Hall–Kier alpha value is -1.95. The molecule has 6 nitrogen and oxygen atoms in total. The first kappa shape index (κ1) is 20.0. The lowest BCUT2D eigenvalue weighted by atomic mass is 9.88. The van der Waals surface area contributed by atoms with E-state index >= 15 is 0 Å². The highest BCUT2D eigenvalue weighted by molar-refractivity contribution is 6.07. The molecule has 1 amide bonds. The number of carbonyl (C=O) groups excluding carboxylic acids is 1. The Kier molecular flexibility index (Phi) is 5.30. The molecule has 1 aliphatic heterocycles. The second-order valence-electron chi connectivity index (χ2n) is 9.73. The molecular formula is C24H34N4O2. The molecule has 3 aliphatic rings. The third-order valence-electron chi connectivity index (χ3n) is 7.85. The molecule has 162 valence electrons. The van der Waals surface area contributed by atoms with E-state index < -0.39 is 0 Å². The highest BCUT2D eigenvalue weighted by Crippen LogP contribution is 2.41. The highest BCUT2D eigenvalue weighted by Gasteiger charge is 2.41. The molecule has 0 N–H and O–H groups in total. The molecule has 0 spiro atoms. The zero-order chi connectivity index (χ0) is 20.8. The van der Waals surface area contributed by atoms with Crippen molar-refractivity contribution < 1.29 is 9.32 Å². The number of likely N-dealkylation sites (tertiary alicyclic amines) is 1. The predicted molar refractivity (Wildman–Crippen MR) is 117 cm³/mol. The fraction of sp³-hybridized carbons (Fsp3) is 0.708. The third kappa shape index (κ3) is 3.33. The van der Waals surface area contributed by atoms with Crippen LogP contribution in [0.25, 0.3) is 11.1 Å². The maximum atomic E-state index is 13.8. The molecule has 1 saturated carbocycles. The molecule has 3 heterocycles. The van der Waals surface area contributed by atoms with E-state index in [2.05, 4.69) is 33.9 Å². The van der Waals surface area contributed by atoms with Gasteiger partial charge in [0, 0.05) is 24.8 Å². The predicted octanol–water partition coefficient (Wildman–Crippen LogP) is 3.99. The molecule has 2 aromatic heterocycles. The zero-order valence-corrected chi connectivity index (χ0v) is 18.6. The van der Waals surface area contributed by atoms with Crippen LogP contribution in [0.2, 0.25) is 0 Å². The smallest absolute Gasteiger partial charge is 0.259 e. The minimum absolute atomic E-state index is 0.174. The van der Waals surface area contributed by atoms with Crippen molar-refractivity contribution in [2.45, 2.75) is 71.3 Å². The third-order valence-corrected chi connectivity index (χ3v) is 7.85. The standard InChI is InChI=1S/C24H34N4O2/c1-4-5-10-27(3)18-12-16-9-11-28(14-17(16)13-18)24(29)22-19-7-6-8-20(19)25-23-21(22)15(2)26-30-23/h16-18H,4-14H2,1-3H3/t16-,17-,18+/m1/s1. The summed E-state index contributed by atoms with van der Waals surface area (Å²) in [7, 11) is 2.28. The van der Waals surface area contributed by atoms with E-state index in [-0.39, 0.29) is 5.91 Å². The number of pyridine rings is 1. The first-order valence-electron chi connectivity index (χ1n) is 11.8. The number of hydrogen-bond acceptors (Lipinski definition) is 5. The Morgan fingerprint density at radius 1 is 1.27 bits per heavy atom. The van der Waals surface area contributed by atoms with Gasteiger partial charge in [0.2, 0.25) is 0 Å². The number of aryl methyl sites for hydroxylation is 2. The van der Waals surface area contributed by atoms with Crippen LogP contribution in [0.1, 0.15) is 72.8 Å². The van der Waals surface area contributed by atoms with Gasteiger partial charge in [0.25, 0.3) is 11.6 Å². The number of rotatable bonds is 5. The van der Waals surface area contributed by atoms with Gasteiger partial charge in [-0.1, -0.05) is 18.5 Å². The van der Waals surface area contributed by atoms with Gasteiger partial charge in [-0.15, -0.1) is 0 Å². The van der Waals surface area contributed by atoms with Gasteiger partial charge < -0.3 is 14.3 Å². The van der Waals surface area contributed by atoms with E-state index in [0.29, 0.717) is 17.7 Å². The van der Waals surface area contributed by atoms with Crippen molar-refractivity contribution >= 4 is 17.0 Å². The lowest BCUT2D eigenvalue weighted by molar-refractivity contribution is 0.0627. The maximum absolute atomic E-state index is 13.8. The number of fused-ring (bicyclic) bond motifs is 3. The summed E-state index contributed by atoms with van der Waals surface area (Å²) in [6.45, 7) is 7.14. The molecule has 0 aromatic carbocycles. The van der Waals surface area contributed by atoms with Gasteiger partial charge in [-0.2, -0.15) is 0 Å². The lowest BCUT2D eigenvalue weighted by Crippen LogP contribution is -2.42. The second-order valence-corrected chi connectivity index (χ2v) is 9.73. The van der Waals surface area contributed by atoms with Gasteiger partial charge in [-0.05, 0) is 82.9 Å². The lowest BCUT2D eigenvalue weighted by Gasteiger charge is -2.35. The fourth-order valence-electron chi connectivity index (χ4n) is 6.10. The number of unbranched alkanes of at least 4 members (excludes halogenated alkanes) is 1. The van der Waals surface area contributed by atoms with E-state index in [1.807, 2.05) is 6.92 Å². The Morgan fingerprint density at radius 3 is 2.93 bits per heavy atom. The topological polar surface area (TPSA) is 62.5 Å². The molecule has 0 radical (unpaired) electrons. The summed E-state index contributed by atoms with van der Waals surface area (Å²) < 4.78 is 5.46. The Labute approximate surface area is 179 Å². The van der Waals surface area contributed by atoms with Crippen molar-refractivity contribution in [1.82, 2.24) is 19.9 Å². The van der Waals surface area contributed by atoms with Gasteiger partial charge >= 0.3 is 0 Å². The average Bonchev–Trinajstić information content (AvgIpc) is 3.47. The summed E-state index contributed by atoms with van der Waals surface area (Å²) >= 11 is 0. The van der Waals surface area contributed by atoms with Crippen LogP contribution in [0.3, 0.4) is 0 Å². The van der Waals surface area contributed by atoms with Gasteiger partial charge in [0.15, 0.2) is 0 Å². The normalized spacial score (nSPS) is 25.9. The van der Waals surface area contributed by atoms with Crippen molar-refractivity contribution in [3.63, 3.8) is 0 Å². The molecule has 0 unspecified atom stereocenters. The quantitative estimate of drug-likeness (QED) is 0.746. The highest BCUT2D eigenvalue weighted by atomic mass is 16.5. The van der Waals surface area contributed by atoms with Crippen molar-refractivity contribution in [2.75, 3.05) is 26.7 Å². The van der Waals surface area contributed by atoms with Crippen LogP contribution in [-0.2, 0) is 12.8 Å². The number of piperidine rings is 1. The molecule has 2 aliphatic carbocycles. The summed E-state index contributed by atoms with van der Waals surface area (Å²) in [6, 6.07) is 0.679. The van der Waals surface area contributed by atoms with E-state index in [4.69, 9.17) is 4.52 Å². The van der Waals surface area contributed by atoms with Crippen LogP contribution in [0.4, 0.5) is 0 Å². The number of aromatic nitrogens is 2. The number of nitrogens with zero attached hydrogens (tertiary/aromatic N) is 4. The minimum Gasteiger partial charge on any atom is -0.338 e. The van der Waals surface area contributed by atoms with Gasteiger partial charge in [0.05, 0.1) is 16.6 Å². The summed E-state index contributed by atoms with van der Waals surface area (Å²) in [6.07, 6.45) is 9.12. The van der Waals surface area contributed by atoms with Gasteiger partial charge in [-0.25, -0.2) is 4.98 Å². The van der Waals surface area contributed by atoms with E-state index in [9.17, 15) is 4.79 Å². The van der Waals surface area contributed by atoms with Gasteiger partial charge in [-0.3, -0.25) is 4.79 Å². The molecule has 2 aromatic rings. The molecular weight excluding hydrogens is 376 g/mol. The van der Waals surface area contributed by atoms with Crippen LogP contribution in [-0.4, -0.2) is 58.6 Å². The van der Waals surface area contributed by atoms with Gasteiger partial charge in [0.1, 0.15) is 0 Å². The van der Waals surface area contributed by atoms with Crippen LogP contribution in [0.15, 0.2) is 4.52 Å². The van der Waals surface area contributed by atoms with Crippen molar-refractivity contribution in [3.8, 4) is 0 Å². The van der Waals surface area contributed by atoms with Crippen molar-refractivity contribution in [2.24, 2.45) is 11.8 Å². The molecule has 30 heavy (non-hydrogen) atoms. The Morgan fingerprint density at radius 2 is 2.10 bits per heavy atom. The van der Waals surface area contributed by atoms with E-state index in [1.54, 1.807) is 0 Å². The first-order valence-corrected chi connectivity index (χ1v) is 11.8. The van der Waals surface area contributed by atoms with E-state index in [1.165, 1.54) is 32.2 Å². The summed E-state index contributed by atoms with van der Waals surface area (Å²) in [5.74, 6) is 1.57. The molecule has 2 fully saturated rings. The molecule has 1 saturated heterocycles. The SMILES string of the molecule is CCCCN(C)[C@H]1C[C@H]2CCN(C(=O)c3c4c(nc5onc(C)c35)CCC4)C[C@H]2C1. The number of carbonyl (C=O) groups is 1. The number of amides is 1. The minimum atomic E-state index is 0.174. The Bertz CT molecular complexity index is 952. The van der Waals surface area contributed by atoms with Crippen LogP contribution in [0, 0.1) is 18.8 Å². The monoisotopic (exact) mass is 410 g/mol. The molecule has 0 bridgehead atoms. The van der Waals surface area contributed by atoms with Crippen LogP contribution < -0.4 is 0 Å². The Balaban J connectivity index is 1.37. The largest absolute Gasteiger partial charge is 0.338 e. The summed E-state index contributed by atoms with van der Waals surface area (Å²) in [5, 5.41) is 4.96. The second kappa shape index (κ2) is 7.95. The number of hydrogen-bond donors (Lipinski definition) is 0. The maximum Gasteiger partial charge on any atom is 0.259 e. The summed E-state index contributed by atoms with van der Waals surface area (Å²) in [5.41, 5.74) is 4.33. The zero-order valence-electron chi connectivity index (χ0n) is 18.6.